The van der Waals surface area contributed by atoms with Gasteiger partial charge in [-0.05, 0) is 29.8 Å². The minimum Gasteiger partial charge on any atom is -0.497 e. The van der Waals surface area contributed by atoms with Crippen LogP contribution < -0.4 is 14.8 Å². The number of rotatable bonds is 9. The second-order valence-corrected chi connectivity index (χ2v) is 5.81. The number of amides is 1. The normalized spacial score (nSPS) is 11.4. The van der Waals surface area contributed by atoms with Crippen molar-refractivity contribution >= 4 is 11.6 Å². The Kier molecular flexibility index (Phi) is 7.22. The number of methoxy groups -OCH3 is 2. The second kappa shape index (κ2) is 9.41. The lowest BCUT2D eigenvalue weighted by Crippen LogP contribution is -2.32. The first kappa shape index (κ1) is 21.5. The molecule has 0 bridgehead atoms. The second-order valence-electron chi connectivity index (χ2n) is 5.81. The molecule has 152 valence electrons. The van der Waals surface area contributed by atoms with Gasteiger partial charge in [0.05, 0.1) is 20.8 Å². The van der Waals surface area contributed by atoms with Gasteiger partial charge >= 0.3 is 12.3 Å². The van der Waals surface area contributed by atoms with Gasteiger partial charge in [0.1, 0.15) is 18.1 Å². The standard InChI is InChI=1S/C19H19F4NO4/c1-26-15-7-13(8-16(9-15)27-2)17(25)24-14-5-3-12(4-6-14)10-28-11-19(22,23)18(20)21/h3-9,18H,10-11H2,1-2H3,(H,24,25). The number of nitrogens with one attached hydrogen (secondary N) is 1. The van der Waals surface area contributed by atoms with Gasteiger partial charge in [-0.25, -0.2) is 8.78 Å². The van der Waals surface area contributed by atoms with Crippen molar-refractivity contribution in [1.29, 1.82) is 0 Å². The van der Waals surface area contributed by atoms with E-state index in [-0.39, 0.29) is 6.61 Å². The lowest BCUT2D eigenvalue weighted by atomic mass is 10.1. The maximum absolute atomic E-state index is 12.8. The highest BCUT2D eigenvalue weighted by atomic mass is 19.3. The van der Waals surface area contributed by atoms with Gasteiger partial charge in [-0.3, -0.25) is 4.79 Å². The lowest BCUT2D eigenvalue weighted by molar-refractivity contribution is -0.168. The van der Waals surface area contributed by atoms with E-state index < -0.39 is 24.9 Å². The van der Waals surface area contributed by atoms with Gasteiger partial charge in [0.2, 0.25) is 0 Å². The molecule has 0 unspecified atom stereocenters. The van der Waals surface area contributed by atoms with Crippen LogP contribution in [0, 0.1) is 0 Å². The van der Waals surface area contributed by atoms with Gasteiger partial charge in [0, 0.05) is 17.3 Å². The molecule has 0 saturated carbocycles. The molecule has 0 fully saturated rings. The van der Waals surface area contributed by atoms with Crippen LogP contribution in [0.2, 0.25) is 0 Å². The molecule has 5 nitrogen and oxygen atoms in total. The van der Waals surface area contributed by atoms with Crippen LogP contribution in [0.15, 0.2) is 42.5 Å². The summed E-state index contributed by atoms with van der Waals surface area (Å²) in [6.07, 6.45) is -3.78. The Hall–Kier alpha value is -2.81. The first-order valence-electron chi connectivity index (χ1n) is 8.12. The van der Waals surface area contributed by atoms with E-state index in [1.54, 1.807) is 30.3 Å². The summed E-state index contributed by atoms with van der Waals surface area (Å²) >= 11 is 0. The predicted octanol–water partition coefficient (Wildman–Crippen LogP) is 4.37. The van der Waals surface area contributed by atoms with Crippen molar-refractivity contribution in [2.24, 2.45) is 0 Å². The zero-order valence-electron chi connectivity index (χ0n) is 15.2. The third-order valence-corrected chi connectivity index (χ3v) is 3.71. The number of carbonyl (C=O) groups excluding carboxylic acids is 1. The Morgan fingerprint density at radius 2 is 1.61 bits per heavy atom. The van der Waals surface area contributed by atoms with Gasteiger partial charge in [0.25, 0.3) is 5.91 Å². The summed E-state index contributed by atoms with van der Waals surface area (Å²) in [7, 11) is 2.93. The smallest absolute Gasteiger partial charge is 0.330 e. The minimum atomic E-state index is -4.19. The summed E-state index contributed by atoms with van der Waals surface area (Å²) in [5.74, 6) is -3.68. The first-order chi connectivity index (χ1) is 13.2. The summed E-state index contributed by atoms with van der Waals surface area (Å²) in [4.78, 5) is 12.4. The largest absolute Gasteiger partial charge is 0.497 e. The van der Waals surface area contributed by atoms with Gasteiger partial charge in [-0.1, -0.05) is 12.1 Å². The van der Waals surface area contributed by atoms with Crippen LogP contribution in [0.1, 0.15) is 15.9 Å². The van der Waals surface area contributed by atoms with Crippen LogP contribution in [-0.4, -0.2) is 39.1 Å². The molecule has 1 amide bonds. The van der Waals surface area contributed by atoms with Crippen LogP contribution in [0.4, 0.5) is 23.2 Å². The quantitative estimate of drug-likeness (QED) is 0.634. The monoisotopic (exact) mass is 401 g/mol. The Balaban J connectivity index is 1.96. The topological polar surface area (TPSA) is 56.8 Å². The number of ether oxygens (including phenoxy) is 3. The van der Waals surface area contributed by atoms with E-state index in [0.29, 0.717) is 28.3 Å². The molecule has 0 radical (unpaired) electrons. The molecule has 2 aromatic carbocycles. The van der Waals surface area contributed by atoms with Crippen LogP contribution >= 0.6 is 0 Å². The van der Waals surface area contributed by atoms with Crippen molar-refractivity contribution in [3.63, 3.8) is 0 Å². The molecule has 2 aromatic rings. The number of anilines is 1. The van der Waals surface area contributed by atoms with Crippen LogP contribution in [-0.2, 0) is 11.3 Å². The average molecular weight is 401 g/mol. The summed E-state index contributed by atoms with van der Waals surface area (Å²) < 4.78 is 64.6. The molecule has 28 heavy (non-hydrogen) atoms. The van der Waals surface area contributed by atoms with E-state index >= 15 is 0 Å². The third-order valence-electron chi connectivity index (χ3n) is 3.71. The van der Waals surface area contributed by atoms with Crippen LogP contribution in [0.5, 0.6) is 11.5 Å². The Morgan fingerprint density at radius 3 is 2.11 bits per heavy atom. The third kappa shape index (κ3) is 5.85. The number of hydrogen-bond acceptors (Lipinski definition) is 4. The average Bonchev–Trinajstić information content (AvgIpc) is 2.68. The molecule has 9 heteroatoms. The summed E-state index contributed by atoms with van der Waals surface area (Å²) in [6, 6.07) is 10.9. The predicted molar refractivity (Wildman–Crippen MR) is 94.5 cm³/mol. The number of halogens is 4. The summed E-state index contributed by atoms with van der Waals surface area (Å²) in [5.41, 5.74) is 1.26. The number of hydrogen-bond donors (Lipinski definition) is 1. The molecule has 1 N–H and O–H groups in total. The van der Waals surface area contributed by atoms with Gasteiger partial charge < -0.3 is 19.5 Å². The fraction of sp³-hybridized carbons (Fsp3) is 0.316. The highest BCUT2D eigenvalue weighted by Crippen LogP contribution is 2.24. The number of benzene rings is 2. The molecule has 0 aliphatic carbocycles. The molecule has 0 spiro atoms. The first-order valence-corrected chi connectivity index (χ1v) is 8.12. The zero-order valence-corrected chi connectivity index (χ0v) is 15.2. The van der Waals surface area contributed by atoms with Gasteiger partial charge in [-0.2, -0.15) is 8.78 Å². The maximum Gasteiger partial charge on any atom is 0.330 e. The fourth-order valence-corrected chi connectivity index (χ4v) is 2.19. The van der Waals surface area contributed by atoms with Crippen molar-refractivity contribution in [2.45, 2.75) is 19.0 Å². The van der Waals surface area contributed by atoms with Gasteiger partial charge in [-0.15, -0.1) is 0 Å². The zero-order chi connectivity index (χ0) is 20.7. The van der Waals surface area contributed by atoms with E-state index in [2.05, 4.69) is 10.1 Å². The van der Waals surface area contributed by atoms with Crippen molar-refractivity contribution in [2.75, 3.05) is 26.1 Å². The molecule has 0 aliphatic rings. The van der Waals surface area contributed by atoms with Crippen molar-refractivity contribution in [1.82, 2.24) is 0 Å². The lowest BCUT2D eigenvalue weighted by Gasteiger charge is -2.15. The van der Waals surface area contributed by atoms with E-state index in [4.69, 9.17) is 9.47 Å². The highest BCUT2D eigenvalue weighted by Gasteiger charge is 2.40. The maximum atomic E-state index is 12.8. The fourth-order valence-electron chi connectivity index (χ4n) is 2.19. The van der Waals surface area contributed by atoms with Crippen LogP contribution in [0.3, 0.4) is 0 Å². The number of alkyl halides is 4. The molecule has 0 aliphatic heterocycles. The molecule has 0 heterocycles. The SMILES string of the molecule is COc1cc(OC)cc(C(=O)Nc2ccc(COCC(F)(F)C(F)F)cc2)c1. The molecular formula is C19H19F4NO4. The molecule has 0 aromatic heterocycles. The summed E-state index contributed by atoms with van der Waals surface area (Å²) in [5, 5.41) is 2.67. The molecule has 2 rings (SSSR count). The Morgan fingerprint density at radius 1 is 1.04 bits per heavy atom. The minimum absolute atomic E-state index is 0.260. The van der Waals surface area contributed by atoms with E-state index in [1.807, 2.05) is 0 Å². The van der Waals surface area contributed by atoms with Crippen molar-refractivity contribution in [3.8, 4) is 11.5 Å². The van der Waals surface area contributed by atoms with Crippen LogP contribution in [0.25, 0.3) is 0 Å². The van der Waals surface area contributed by atoms with E-state index in [1.165, 1.54) is 26.4 Å². The summed E-state index contributed by atoms with van der Waals surface area (Å²) in [6.45, 7) is -1.63. The van der Waals surface area contributed by atoms with E-state index in [0.717, 1.165) is 0 Å². The molecule has 0 atom stereocenters. The molecule has 0 saturated heterocycles. The van der Waals surface area contributed by atoms with E-state index in [9.17, 15) is 22.4 Å². The molecular weight excluding hydrogens is 382 g/mol. The van der Waals surface area contributed by atoms with Crippen molar-refractivity contribution in [3.05, 3.63) is 53.6 Å². The highest BCUT2D eigenvalue weighted by molar-refractivity contribution is 6.04. The Labute approximate surface area is 159 Å². The number of carbonyl (C=O) groups is 1. The van der Waals surface area contributed by atoms with Crippen molar-refractivity contribution < 1.29 is 36.6 Å². The van der Waals surface area contributed by atoms with Gasteiger partial charge in [0.15, 0.2) is 0 Å². The Bertz CT molecular complexity index is 775.